The molecule has 0 aromatic carbocycles. The fourth-order valence-electron chi connectivity index (χ4n) is 2.28. The molecule has 0 bridgehead atoms. The molecule has 0 unspecified atom stereocenters. The highest BCUT2D eigenvalue weighted by Crippen LogP contribution is 2.50. The maximum absolute atomic E-state index is 4.12. The van der Waals surface area contributed by atoms with E-state index >= 15 is 0 Å². The van der Waals surface area contributed by atoms with Crippen molar-refractivity contribution in [1.29, 1.82) is 0 Å². The quantitative estimate of drug-likeness (QED) is 0.785. The van der Waals surface area contributed by atoms with Crippen molar-refractivity contribution in [3.8, 4) is 0 Å². The zero-order chi connectivity index (χ0) is 12.3. The molecule has 1 fully saturated rings. The van der Waals surface area contributed by atoms with Crippen LogP contribution in [-0.2, 0) is 13.1 Å². The van der Waals surface area contributed by atoms with E-state index in [1.165, 1.54) is 25.7 Å². The Morgan fingerprint density at radius 1 is 1.41 bits per heavy atom. The second kappa shape index (κ2) is 5.12. The Kier molecular flexibility index (Phi) is 3.76. The fourth-order valence-corrected chi connectivity index (χ4v) is 2.28. The van der Waals surface area contributed by atoms with Gasteiger partial charge in [0.15, 0.2) is 5.82 Å². The third-order valence-corrected chi connectivity index (χ3v) is 3.50. The van der Waals surface area contributed by atoms with E-state index in [2.05, 4.69) is 41.6 Å². The van der Waals surface area contributed by atoms with E-state index in [9.17, 15) is 0 Å². The first kappa shape index (κ1) is 12.5. The minimum absolute atomic E-state index is 0.464. The number of hydrogen-bond donors (Lipinski definition) is 1. The highest BCUT2D eigenvalue weighted by Gasteiger charge is 2.42. The molecule has 0 spiro atoms. The SMILES string of the molecule is CCCC1(Cn2nnnc2CNC(C)C)CC1. The van der Waals surface area contributed by atoms with Gasteiger partial charge in [-0.2, -0.15) is 0 Å². The summed E-state index contributed by atoms with van der Waals surface area (Å²) in [5.74, 6) is 0.959. The van der Waals surface area contributed by atoms with Crippen LogP contribution in [0.3, 0.4) is 0 Å². The molecule has 1 saturated carbocycles. The van der Waals surface area contributed by atoms with Crippen molar-refractivity contribution >= 4 is 0 Å². The lowest BCUT2D eigenvalue weighted by molar-refractivity contribution is 0.352. The van der Waals surface area contributed by atoms with Crippen LogP contribution in [0, 0.1) is 5.41 Å². The summed E-state index contributed by atoms with van der Waals surface area (Å²) in [6.45, 7) is 8.26. The van der Waals surface area contributed by atoms with Crippen LogP contribution in [0.5, 0.6) is 0 Å². The summed E-state index contributed by atoms with van der Waals surface area (Å²) in [4.78, 5) is 0. The van der Waals surface area contributed by atoms with Crippen LogP contribution in [-0.4, -0.2) is 26.2 Å². The van der Waals surface area contributed by atoms with E-state index < -0.39 is 0 Å². The Morgan fingerprint density at radius 3 is 2.76 bits per heavy atom. The van der Waals surface area contributed by atoms with Gasteiger partial charge in [0.2, 0.25) is 0 Å². The standard InChI is InChI=1S/C12H23N5/c1-4-5-12(6-7-12)9-17-11(14-15-16-17)8-13-10(2)3/h10,13H,4-9H2,1-3H3. The molecule has 2 rings (SSSR count). The molecule has 1 aliphatic carbocycles. The molecular weight excluding hydrogens is 214 g/mol. The Balaban J connectivity index is 1.94. The summed E-state index contributed by atoms with van der Waals surface area (Å²) >= 11 is 0. The van der Waals surface area contributed by atoms with E-state index in [4.69, 9.17) is 0 Å². The predicted molar refractivity (Wildman–Crippen MR) is 66.4 cm³/mol. The first-order valence-corrected chi connectivity index (χ1v) is 6.64. The van der Waals surface area contributed by atoms with E-state index in [0.29, 0.717) is 11.5 Å². The molecule has 1 N–H and O–H groups in total. The molecule has 96 valence electrons. The van der Waals surface area contributed by atoms with Crippen molar-refractivity contribution in [3.05, 3.63) is 5.82 Å². The molecule has 5 nitrogen and oxygen atoms in total. The normalized spacial score (nSPS) is 17.6. The number of nitrogens with one attached hydrogen (secondary N) is 1. The van der Waals surface area contributed by atoms with Crippen LogP contribution in [0.1, 0.15) is 52.3 Å². The number of nitrogens with zero attached hydrogens (tertiary/aromatic N) is 4. The van der Waals surface area contributed by atoms with Gasteiger partial charge in [0.1, 0.15) is 0 Å². The highest BCUT2D eigenvalue weighted by molar-refractivity contribution is 4.94. The van der Waals surface area contributed by atoms with Crippen LogP contribution in [0.15, 0.2) is 0 Å². The van der Waals surface area contributed by atoms with Gasteiger partial charge in [-0.3, -0.25) is 0 Å². The third kappa shape index (κ3) is 3.25. The topological polar surface area (TPSA) is 55.6 Å². The molecule has 5 heteroatoms. The predicted octanol–water partition coefficient (Wildman–Crippen LogP) is 1.75. The molecule has 1 aromatic rings. The average Bonchev–Trinajstić information content (AvgIpc) is 2.88. The van der Waals surface area contributed by atoms with Gasteiger partial charge in [0, 0.05) is 6.04 Å². The maximum atomic E-state index is 4.12. The Morgan fingerprint density at radius 2 is 2.18 bits per heavy atom. The van der Waals surface area contributed by atoms with E-state index in [0.717, 1.165) is 18.9 Å². The van der Waals surface area contributed by atoms with Gasteiger partial charge in [0.05, 0.1) is 13.1 Å². The monoisotopic (exact) mass is 237 g/mol. The highest BCUT2D eigenvalue weighted by atomic mass is 15.5. The van der Waals surface area contributed by atoms with Crippen molar-refractivity contribution in [2.75, 3.05) is 0 Å². The van der Waals surface area contributed by atoms with E-state index in [1.807, 2.05) is 4.68 Å². The first-order valence-electron chi connectivity index (χ1n) is 6.64. The summed E-state index contributed by atoms with van der Waals surface area (Å²) < 4.78 is 1.98. The van der Waals surface area contributed by atoms with Crippen LogP contribution < -0.4 is 5.32 Å². The lowest BCUT2D eigenvalue weighted by atomic mass is 10.0. The van der Waals surface area contributed by atoms with Crippen molar-refractivity contribution in [1.82, 2.24) is 25.5 Å². The molecular formula is C12H23N5. The van der Waals surface area contributed by atoms with Gasteiger partial charge in [-0.1, -0.05) is 27.2 Å². The second-order valence-corrected chi connectivity index (χ2v) is 5.54. The Bertz CT molecular complexity index is 354. The number of aromatic nitrogens is 4. The zero-order valence-corrected chi connectivity index (χ0v) is 11.1. The second-order valence-electron chi connectivity index (χ2n) is 5.54. The lowest BCUT2D eigenvalue weighted by Crippen LogP contribution is -2.25. The summed E-state index contributed by atoms with van der Waals surface area (Å²) in [6, 6.07) is 0.464. The van der Waals surface area contributed by atoms with Gasteiger partial charge in [-0.05, 0) is 35.1 Å². The van der Waals surface area contributed by atoms with Crippen LogP contribution in [0.2, 0.25) is 0 Å². The van der Waals surface area contributed by atoms with Gasteiger partial charge in [-0.25, -0.2) is 4.68 Å². The van der Waals surface area contributed by atoms with E-state index in [-0.39, 0.29) is 0 Å². The Labute approximate surface area is 103 Å². The molecule has 17 heavy (non-hydrogen) atoms. The zero-order valence-electron chi connectivity index (χ0n) is 11.1. The molecule has 0 atom stereocenters. The van der Waals surface area contributed by atoms with Gasteiger partial charge < -0.3 is 5.32 Å². The third-order valence-electron chi connectivity index (χ3n) is 3.50. The van der Waals surface area contributed by atoms with Crippen molar-refractivity contribution in [2.45, 2.75) is 65.6 Å². The summed E-state index contributed by atoms with van der Waals surface area (Å²) in [6.07, 6.45) is 5.21. The van der Waals surface area contributed by atoms with Crippen LogP contribution >= 0.6 is 0 Å². The number of hydrogen-bond acceptors (Lipinski definition) is 4. The molecule has 1 aliphatic rings. The van der Waals surface area contributed by atoms with E-state index in [1.54, 1.807) is 0 Å². The molecule has 0 saturated heterocycles. The fraction of sp³-hybridized carbons (Fsp3) is 0.917. The smallest absolute Gasteiger partial charge is 0.165 e. The molecule has 1 heterocycles. The average molecular weight is 237 g/mol. The lowest BCUT2D eigenvalue weighted by Gasteiger charge is -2.15. The minimum Gasteiger partial charge on any atom is -0.308 e. The Hall–Kier alpha value is -0.970. The number of tetrazole rings is 1. The van der Waals surface area contributed by atoms with Crippen molar-refractivity contribution in [2.24, 2.45) is 5.41 Å². The van der Waals surface area contributed by atoms with Gasteiger partial charge in [0.25, 0.3) is 0 Å². The molecule has 1 aromatic heterocycles. The maximum Gasteiger partial charge on any atom is 0.165 e. The van der Waals surface area contributed by atoms with Crippen molar-refractivity contribution in [3.63, 3.8) is 0 Å². The summed E-state index contributed by atoms with van der Waals surface area (Å²) in [7, 11) is 0. The van der Waals surface area contributed by atoms with Crippen LogP contribution in [0.4, 0.5) is 0 Å². The van der Waals surface area contributed by atoms with Crippen LogP contribution in [0.25, 0.3) is 0 Å². The number of rotatable bonds is 7. The molecule has 0 amide bonds. The largest absolute Gasteiger partial charge is 0.308 e. The molecule has 0 aliphatic heterocycles. The summed E-state index contributed by atoms with van der Waals surface area (Å²) in [5, 5.41) is 15.4. The first-order chi connectivity index (χ1) is 8.15. The van der Waals surface area contributed by atoms with Crippen molar-refractivity contribution < 1.29 is 0 Å². The van der Waals surface area contributed by atoms with Gasteiger partial charge in [-0.15, -0.1) is 5.10 Å². The summed E-state index contributed by atoms with van der Waals surface area (Å²) in [5.41, 5.74) is 0.497. The van der Waals surface area contributed by atoms with Gasteiger partial charge >= 0.3 is 0 Å². The molecule has 0 radical (unpaired) electrons. The minimum atomic E-state index is 0.464.